The highest BCUT2D eigenvalue weighted by Crippen LogP contribution is 2.53. The summed E-state index contributed by atoms with van der Waals surface area (Å²) in [5, 5.41) is 11.0. The van der Waals surface area contributed by atoms with Gasteiger partial charge in [-0.1, -0.05) is 12.1 Å². The molecule has 0 atom stereocenters. The normalized spacial score (nSPS) is 21.5. The molecule has 1 aromatic rings. The lowest BCUT2D eigenvalue weighted by Gasteiger charge is -2.34. The third-order valence-electron chi connectivity index (χ3n) is 4.04. The maximum absolute atomic E-state index is 11.0. The molecule has 1 aliphatic heterocycles. The van der Waals surface area contributed by atoms with E-state index in [1.165, 1.54) is 19.3 Å². The SMILES string of the molecule is O=[N+]([O-])c1ccccc1N1CCCC2(CC2)C1. The summed E-state index contributed by atoms with van der Waals surface area (Å²) in [5.74, 6) is 0. The number of rotatable bonds is 2. The maximum Gasteiger partial charge on any atom is 0.292 e. The second-order valence-corrected chi connectivity index (χ2v) is 5.27. The lowest BCUT2D eigenvalue weighted by molar-refractivity contribution is -0.384. The van der Waals surface area contributed by atoms with Crippen LogP contribution in [0.1, 0.15) is 25.7 Å². The van der Waals surface area contributed by atoms with Gasteiger partial charge in [0.2, 0.25) is 0 Å². The molecule has 0 N–H and O–H groups in total. The van der Waals surface area contributed by atoms with Gasteiger partial charge in [-0.2, -0.15) is 0 Å². The highest BCUT2D eigenvalue weighted by Gasteiger charge is 2.46. The van der Waals surface area contributed by atoms with Crippen LogP contribution in [-0.2, 0) is 0 Å². The van der Waals surface area contributed by atoms with E-state index in [2.05, 4.69) is 4.90 Å². The summed E-state index contributed by atoms with van der Waals surface area (Å²) in [5.41, 5.74) is 1.52. The molecule has 2 aliphatic rings. The minimum absolute atomic E-state index is 0.241. The number of anilines is 1. The average molecular weight is 232 g/mol. The first-order chi connectivity index (χ1) is 8.20. The summed E-state index contributed by atoms with van der Waals surface area (Å²) >= 11 is 0. The summed E-state index contributed by atoms with van der Waals surface area (Å²) in [6.45, 7) is 1.95. The molecule has 2 fully saturated rings. The van der Waals surface area contributed by atoms with Gasteiger partial charge in [-0.05, 0) is 37.2 Å². The summed E-state index contributed by atoms with van der Waals surface area (Å²) in [6.07, 6.45) is 5.05. The van der Waals surface area contributed by atoms with Gasteiger partial charge in [-0.25, -0.2) is 0 Å². The van der Waals surface area contributed by atoms with Crippen LogP contribution in [0.15, 0.2) is 24.3 Å². The smallest absolute Gasteiger partial charge is 0.292 e. The van der Waals surface area contributed by atoms with Crippen LogP contribution in [-0.4, -0.2) is 18.0 Å². The third kappa shape index (κ3) is 1.88. The monoisotopic (exact) mass is 232 g/mol. The second kappa shape index (κ2) is 3.72. The Kier molecular flexibility index (Phi) is 2.31. The maximum atomic E-state index is 11.0. The molecule has 0 radical (unpaired) electrons. The molecule has 4 heteroatoms. The van der Waals surface area contributed by atoms with Gasteiger partial charge in [-0.15, -0.1) is 0 Å². The fraction of sp³-hybridized carbons (Fsp3) is 0.538. The molecule has 90 valence electrons. The summed E-state index contributed by atoms with van der Waals surface area (Å²) in [6, 6.07) is 7.10. The summed E-state index contributed by atoms with van der Waals surface area (Å²) in [4.78, 5) is 12.9. The molecule has 4 nitrogen and oxygen atoms in total. The molecule has 0 amide bonds. The Labute approximate surface area is 100 Å². The largest absolute Gasteiger partial charge is 0.365 e. The van der Waals surface area contributed by atoms with Gasteiger partial charge in [0.1, 0.15) is 5.69 Å². The number of nitro groups is 1. The highest BCUT2D eigenvalue weighted by atomic mass is 16.6. The molecule has 3 rings (SSSR count). The van der Waals surface area contributed by atoms with E-state index < -0.39 is 0 Å². The zero-order chi connectivity index (χ0) is 11.9. The van der Waals surface area contributed by atoms with Gasteiger partial charge in [0, 0.05) is 19.2 Å². The van der Waals surface area contributed by atoms with Crippen LogP contribution in [0.2, 0.25) is 0 Å². The van der Waals surface area contributed by atoms with Crippen molar-refractivity contribution >= 4 is 11.4 Å². The van der Waals surface area contributed by atoms with Gasteiger partial charge in [0.25, 0.3) is 5.69 Å². The van der Waals surface area contributed by atoms with Gasteiger partial charge < -0.3 is 4.90 Å². The van der Waals surface area contributed by atoms with E-state index in [0.717, 1.165) is 25.2 Å². The Morgan fingerprint density at radius 1 is 1.24 bits per heavy atom. The van der Waals surface area contributed by atoms with Crippen molar-refractivity contribution in [3.63, 3.8) is 0 Å². The Morgan fingerprint density at radius 2 is 2.00 bits per heavy atom. The van der Waals surface area contributed by atoms with Gasteiger partial charge in [0.05, 0.1) is 4.92 Å². The van der Waals surface area contributed by atoms with Crippen LogP contribution in [0, 0.1) is 15.5 Å². The first-order valence-electron chi connectivity index (χ1n) is 6.19. The predicted octanol–water partition coefficient (Wildman–Crippen LogP) is 2.98. The number of piperidine rings is 1. The predicted molar refractivity (Wildman–Crippen MR) is 66.2 cm³/mol. The van der Waals surface area contributed by atoms with E-state index in [1.54, 1.807) is 12.1 Å². The van der Waals surface area contributed by atoms with Crippen molar-refractivity contribution in [3.8, 4) is 0 Å². The fourth-order valence-electron chi connectivity index (χ4n) is 2.88. The Balaban J connectivity index is 1.90. The lowest BCUT2D eigenvalue weighted by atomic mass is 9.94. The molecule has 0 aromatic heterocycles. The van der Waals surface area contributed by atoms with Crippen molar-refractivity contribution in [3.05, 3.63) is 34.4 Å². The molecule has 17 heavy (non-hydrogen) atoms. The van der Waals surface area contributed by atoms with Crippen LogP contribution in [0.4, 0.5) is 11.4 Å². The van der Waals surface area contributed by atoms with Crippen molar-refractivity contribution in [2.45, 2.75) is 25.7 Å². The number of nitrogens with zero attached hydrogens (tertiary/aromatic N) is 2. The van der Waals surface area contributed by atoms with Crippen molar-refractivity contribution in [2.24, 2.45) is 5.41 Å². The van der Waals surface area contributed by atoms with E-state index in [9.17, 15) is 10.1 Å². The topological polar surface area (TPSA) is 46.4 Å². The van der Waals surface area contributed by atoms with Crippen molar-refractivity contribution in [2.75, 3.05) is 18.0 Å². The zero-order valence-electron chi connectivity index (χ0n) is 9.76. The van der Waals surface area contributed by atoms with E-state index in [-0.39, 0.29) is 10.6 Å². The van der Waals surface area contributed by atoms with E-state index in [1.807, 2.05) is 12.1 Å². The van der Waals surface area contributed by atoms with Crippen molar-refractivity contribution in [1.29, 1.82) is 0 Å². The van der Waals surface area contributed by atoms with Crippen molar-refractivity contribution in [1.82, 2.24) is 0 Å². The number of para-hydroxylation sites is 2. The molecule has 0 unspecified atom stereocenters. The average Bonchev–Trinajstić information content (AvgIpc) is 3.08. The number of nitro benzene ring substituents is 1. The van der Waals surface area contributed by atoms with Crippen LogP contribution in [0.25, 0.3) is 0 Å². The van der Waals surface area contributed by atoms with Gasteiger partial charge >= 0.3 is 0 Å². The molecular weight excluding hydrogens is 216 g/mol. The summed E-state index contributed by atoms with van der Waals surface area (Å²) in [7, 11) is 0. The van der Waals surface area contributed by atoms with E-state index >= 15 is 0 Å². The first-order valence-corrected chi connectivity index (χ1v) is 6.19. The molecule has 1 saturated carbocycles. The fourth-order valence-corrected chi connectivity index (χ4v) is 2.88. The molecular formula is C13H16N2O2. The number of hydrogen-bond acceptors (Lipinski definition) is 3. The zero-order valence-corrected chi connectivity index (χ0v) is 9.76. The number of hydrogen-bond donors (Lipinski definition) is 0. The first kappa shape index (κ1) is 10.6. The van der Waals surface area contributed by atoms with E-state index in [0.29, 0.717) is 5.41 Å². The third-order valence-corrected chi connectivity index (χ3v) is 4.04. The quantitative estimate of drug-likeness (QED) is 0.581. The highest BCUT2D eigenvalue weighted by molar-refractivity contribution is 5.63. The van der Waals surface area contributed by atoms with Crippen LogP contribution in [0.5, 0.6) is 0 Å². The molecule has 0 bridgehead atoms. The Morgan fingerprint density at radius 3 is 2.71 bits per heavy atom. The molecule has 1 spiro atoms. The minimum Gasteiger partial charge on any atom is -0.365 e. The van der Waals surface area contributed by atoms with Crippen LogP contribution < -0.4 is 4.90 Å². The van der Waals surface area contributed by atoms with Crippen LogP contribution >= 0.6 is 0 Å². The Hall–Kier alpha value is -1.58. The molecule has 1 aliphatic carbocycles. The van der Waals surface area contributed by atoms with Gasteiger partial charge in [-0.3, -0.25) is 10.1 Å². The molecule has 1 heterocycles. The van der Waals surface area contributed by atoms with Gasteiger partial charge in [0.15, 0.2) is 0 Å². The second-order valence-electron chi connectivity index (χ2n) is 5.27. The standard InChI is InChI=1S/C13H16N2O2/c16-15(17)12-5-2-1-4-11(12)14-9-3-6-13(10-14)7-8-13/h1-2,4-5H,3,6-10H2. The van der Waals surface area contributed by atoms with Crippen molar-refractivity contribution < 1.29 is 4.92 Å². The minimum atomic E-state index is -0.274. The number of benzene rings is 1. The molecule has 1 saturated heterocycles. The summed E-state index contributed by atoms with van der Waals surface area (Å²) < 4.78 is 0. The van der Waals surface area contributed by atoms with Crippen LogP contribution in [0.3, 0.4) is 0 Å². The van der Waals surface area contributed by atoms with E-state index in [4.69, 9.17) is 0 Å². The molecule has 1 aromatic carbocycles. The lowest BCUT2D eigenvalue weighted by Crippen LogP contribution is -2.36. The Bertz CT molecular complexity index is 454.